The van der Waals surface area contributed by atoms with Crippen molar-refractivity contribution in [2.75, 3.05) is 13.7 Å². The molecule has 17 heavy (non-hydrogen) atoms. The number of benzene rings is 1. The Bertz CT molecular complexity index is 439. The monoisotopic (exact) mass is 240 g/mol. The van der Waals surface area contributed by atoms with Gasteiger partial charge in [-0.05, 0) is 30.2 Å². The molecule has 4 heteroatoms. The molecule has 0 aliphatic heterocycles. The molecule has 0 bridgehead atoms. The van der Waals surface area contributed by atoms with Gasteiger partial charge >= 0.3 is 5.97 Å². The Kier molecular flexibility index (Phi) is 3.88. The van der Waals surface area contributed by atoms with Gasteiger partial charge in [-0.1, -0.05) is 13.8 Å². The topological polar surface area (TPSA) is 46.5 Å². The van der Waals surface area contributed by atoms with Gasteiger partial charge in [0, 0.05) is 5.41 Å². The summed E-state index contributed by atoms with van der Waals surface area (Å²) in [5.41, 5.74) is 0.430. The molecule has 1 aromatic carbocycles. The molecule has 0 aliphatic carbocycles. The van der Waals surface area contributed by atoms with Crippen molar-refractivity contribution < 1.29 is 19.0 Å². The van der Waals surface area contributed by atoms with Crippen LogP contribution in [0.1, 0.15) is 35.3 Å². The fraction of sp³-hybridized carbons (Fsp3) is 0.462. The Balaban J connectivity index is 3.38. The van der Waals surface area contributed by atoms with E-state index in [0.29, 0.717) is 5.56 Å². The van der Waals surface area contributed by atoms with E-state index in [1.54, 1.807) is 19.9 Å². The summed E-state index contributed by atoms with van der Waals surface area (Å²) < 4.78 is 18.3. The maximum absolute atomic E-state index is 13.7. The van der Waals surface area contributed by atoms with Crippen LogP contribution in [0.3, 0.4) is 0 Å². The van der Waals surface area contributed by atoms with Crippen molar-refractivity contribution in [1.82, 2.24) is 0 Å². The van der Waals surface area contributed by atoms with E-state index in [-0.39, 0.29) is 17.7 Å². The average Bonchev–Trinajstić information content (AvgIpc) is 2.31. The zero-order valence-corrected chi connectivity index (χ0v) is 10.5. The molecule has 94 valence electrons. The Morgan fingerprint density at radius 1 is 1.47 bits per heavy atom. The second-order valence-corrected chi connectivity index (χ2v) is 4.66. The van der Waals surface area contributed by atoms with Crippen LogP contribution in [0.4, 0.5) is 4.39 Å². The van der Waals surface area contributed by atoms with Gasteiger partial charge in [0.1, 0.15) is 5.82 Å². The normalized spacial score (nSPS) is 11.4. The largest absolute Gasteiger partial charge is 0.465 e. The van der Waals surface area contributed by atoms with Crippen molar-refractivity contribution in [2.24, 2.45) is 0 Å². The third kappa shape index (κ3) is 2.64. The SMILES string of the molecule is COC(=O)c1cc(C(C)(C)CO)cc(F)c1C. The first-order chi connectivity index (χ1) is 7.83. The van der Waals surface area contributed by atoms with Gasteiger partial charge in [-0.15, -0.1) is 0 Å². The Hall–Kier alpha value is -1.42. The molecule has 0 saturated carbocycles. The lowest BCUT2D eigenvalue weighted by Crippen LogP contribution is -2.23. The summed E-state index contributed by atoms with van der Waals surface area (Å²) in [6.07, 6.45) is 0. The van der Waals surface area contributed by atoms with Crippen molar-refractivity contribution in [2.45, 2.75) is 26.2 Å². The van der Waals surface area contributed by atoms with Gasteiger partial charge in [-0.2, -0.15) is 0 Å². The van der Waals surface area contributed by atoms with Crippen LogP contribution in [-0.2, 0) is 10.2 Å². The highest BCUT2D eigenvalue weighted by Gasteiger charge is 2.24. The molecule has 0 heterocycles. The van der Waals surface area contributed by atoms with Crippen molar-refractivity contribution in [3.05, 3.63) is 34.6 Å². The smallest absolute Gasteiger partial charge is 0.338 e. The summed E-state index contributed by atoms with van der Waals surface area (Å²) in [5.74, 6) is -1.04. The first-order valence-electron chi connectivity index (χ1n) is 5.33. The minimum atomic E-state index is -0.600. The average molecular weight is 240 g/mol. The molecule has 0 spiro atoms. The number of esters is 1. The van der Waals surface area contributed by atoms with E-state index in [0.717, 1.165) is 0 Å². The number of hydrogen-bond donors (Lipinski definition) is 1. The van der Waals surface area contributed by atoms with E-state index in [1.807, 2.05) is 0 Å². The number of rotatable bonds is 3. The first kappa shape index (κ1) is 13.6. The lowest BCUT2D eigenvalue weighted by molar-refractivity contribution is 0.0599. The third-order valence-electron chi connectivity index (χ3n) is 2.93. The molecule has 0 unspecified atom stereocenters. The van der Waals surface area contributed by atoms with E-state index < -0.39 is 17.2 Å². The molecular weight excluding hydrogens is 223 g/mol. The maximum atomic E-state index is 13.7. The lowest BCUT2D eigenvalue weighted by atomic mass is 9.84. The molecule has 3 nitrogen and oxygen atoms in total. The van der Waals surface area contributed by atoms with E-state index in [2.05, 4.69) is 4.74 Å². The highest BCUT2D eigenvalue weighted by atomic mass is 19.1. The second-order valence-electron chi connectivity index (χ2n) is 4.66. The van der Waals surface area contributed by atoms with Crippen LogP contribution in [-0.4, -0.2) is 24.8 Å². The van der Waals surface area contributed by atoms with Gasteiger partial charge in [0.05, 0.1) is 19.3 Å². The van der Waals surface area contributed by atoms with Crippen LogP contribution in [0, 0.1) is 12.7 Å². The fourth-order valence-corrected chi connectivity index (χ4v) is 1.48. The van der Waals surface area contributed by atoms with Crippen molar-refractivity contribution >= 4 is 5.97 Å². The van der Waals surface area contributed by atoms with E-state index in [1.165, 1.54) is 20.1 Å². The predicted molar refractivity (Wildman–Crippen MR) is 62.6 cm³/mol. The second kappa shape index (κ2) is 4.84. The number of ether oxygens (including phenoxy) is 1. The number of carbonyl (C=O) groups excluding carboxylic acids is 1. The highest BCUT2D eigenvalue weighted by Crippen LogP contribution is 2.27. The molecule has 1 aromatic rings. The summed E-state index contributed by atoms with van der Waals surface area (Å²) >= 11 is 0. The number of methoxy groups -OCH3 is 1. The van der Waals surface area contributed by atoms with E-state index in [4.69, 9.17) is 0 Å². The van der Waals surface area contributed by atoms with Gasteiger partial charge in [0.25, 0.3) is 0 Å². The quantitative estimate of drug-likeness (QED) is 0.824. The minimum Gasteiger partial charge on any atom is -0.465 e. The van der Waals surface area contributed by atoms with Crippen LogP contribution in [0.15, 0.2) is 12.1 Å². The zero-order valence-electron chi connectivity index (χ0n) is 10.5. The molecule has 0 aliphatic rings. The van der Waals surface area contributed by atoms with Crippen LogP contribution in [0.25, 0.3) is 0 Å². The molecule has 0 fully saturated rings. The molecule has 1 N–H and O–H groups in total. The Morgan fingerprint density at radius 3 is 2.53 bits per heavy atom. The molecule has 0 atom stereocenters. The first-order valence-corrected chi connectivity index (χ1v) is 5.33. The highest BCUT2D eigenvalue weighted by molar-refractivity contribution is 5.91. The predicted octanol–water partition coefficient (Wildman–Crippen LogP) is 2.19. The molecular formula is C13H17FO3. The summed E-state index contributed by atoms with van der Waals surface area (Å²) in [4.78, 5) is 11.5. The Labute approximate surface area is 100 Å². The zero-order chi connectivity index (χ0) is 13.2. The van der Waals surface area contributed by atoms with Crippen molar-refractivity contribution in [3.63, 3.8) is 0 Å². The number of hydrogen-bond acceptors (Lipinski definition) is 3. The number of carbonyl (C=O) groups is 1. The van der Waals surface area contributed by atoms with Crippen LogP contribution >= 0.6 is 0 Å². The fourth-order valence-electron chi connectivity index (χ4n) is 1.48. The Morgan fingerprint density at radius 2 is 2.06 bits per heavy atom. The van der Waals surface area contributed by atoms with Crippen LogP contribution < -0.4 is 0 Å². The van der Waals surface area contributed by atoms with Crippen molar-refractivity contribution in [3.8, 4) is 0 Å². The summed E-state index contributed by atoms with van der Waals surface area (Å²) in [5, 5.41) is 9.26. The maximum Gasteiger partial charge on any atom is 0.338 e. The van der Waals surface area contributed by atoms with Gasteiger partial charge in [0.2, 0.25) is 0 Å². The molecule has 0 aromatic heterocycles. The number of aliphatic hydroxyl groups excluding tert-OH is 1. The van der Waals surface area contributed by atoms with Gasteiger partial charge in [0.15, 0.2) is 0 Å². The van der Waals surface area contributed by atoms with Crippen LogP contribution in [0.5, 0.6) is 0 Å². The summed E-state index contributed by atoms with van der Waals surface area (Å²) in [6.45, 7) is 4.95. The molecule has 1 rings (SSSR count). The summed E-state index contributed by atoms with van der Waals surface area (Å²) in [7, 11) is 1.25. The minimum absolute atomic E-state index is 0.129. The number of halogens is 1. The lowest BCUT2D eigenvalue weighted by Gasteiger charge is -2.23. The van der Waals surface area contributed by atoms with Gasteiger partial charge in [-0.25, -0.2) is 9.18 Å². The molecule has 0 radical (unpaired) electrons. The molecule has 0 amide bonds. The van der Waals surface area contributed by atoms with Gasteiger partial charge < -0.3 is 9.84 Å². The number of aliphatic hydroxyl groups is 1. The summed E-state index contributed by atoms with van der Waals surface area (Å²) in [6, 6.07) is 2.92. The molecule has 0 saturated heterocycles. The third-order valence-corrected chi connectivity index (χ3v) is 2.93. The van der Waals surface area contributed by atoms with E-state index >= 15 is 0 Å². The van der Waals surface area contributed by atoms with E-state index in [9.17, 15) is 14.3 Å². The standard InChI is InChI=1S/C13H17FO3/c1-8-10(12(16)17-4)5-9(6-11(8)14)13(2,3)7-15/h5-6,15H,7H2,1-4H3. The van der Waals surface area contributed by atoms with Gasteiger partial charge in [-0.3, -0.25) is 0 Å². The van der Waals surface area contributed by atoms with Crippen molar-refractivity contribution in [1.29, 1.82) is 0 Å². The van der Waals surface area contributed by atoms with Crippen LogP contribution in [0.2, 0.25) is 0 Å².